The number of rotatable bonds is 5. The van der Waals surface area contributed by atoms with Gasteiger partial charge in [0.15, 0.2) is 0 Å². The molecule has 29 heavy (non-hydrogen) atoms. The van der Waals surface area contributed by atoms with Crippen LogP contribution in [0.4, 0.5) is 5.82 Å². The number of hydrogen-bond donors (Lipinski definition) is 0. The maximum absolute atomic E-state index is 6.04. The Hall–Kier alpha value is -1.62. The van der Waals surface area contributed by atoms with Crippen molar-refractivity contribution in [1.29, 1.82) is 0 Å². The van der Waals surface area contributed by atoms with Gasteiger partial charge >= 0.3 is 0 Å². The van der Waals surface area contributed by atoms with E-state index in [4.69, 9.17) is 16.3 Å². The van der Waals surface area contributed by atoms with Gasteiger partial charge in [-0.3, -0.25) is 4.90 Å². The fourth-order valence-corrected chi connectivity index (χ4v) is 4.89. The third-order valence-electron chi connectivity index (χ3n) is 6.40. The van der Waals surface area contributed by atoms with E-state index in [9.17, 15) is 0 Å². The first-order chi connectivity index (χ1) is 14.1. The summed E-state index contributed by atoms with van der Waals surface area (Å²) in [6.07, 6.45) is 6.82. The summed E-state index contributed by atoms with van der Waals surface area (Å²) in [4.78, 5) is 9.82. The van der Waals surface area contributed by atoms with Crippen molar-refractivity contribution in [1.82, 2.24) is 9.88 Å². The largest absolute Gasteiger partial charge is 0.376 e. The molecule has 0 saturated carbocycles. The Kier molecular flexibility index (Phi) is 6.74. The molecule has 0 spiro atoms. The van der Waals surface area contributed by atoms with Crippen molar-refractivity contribution in [3.63, 3.8) is 0 Å². The molecule has 5 heteroatoms. The van der Waals surface area contributed by atoms with Gasteiger partial charge in [-0.1, -0.05) is 29.8 Å². The first kappa shape index (κ1) is 20.6. The number of morpholine rings is 1. The predicted molar refractivity (Wildman–Crippen MR) is 120 cm³/mol. The number of aromatic nitrogens is 1. The third-order valence-corrected chi connectivity index (χ3v) is 6.66. The van der Waals surface area contributed by atoms with Gasteiger partial charge in [-0.2, -0.15) is 0 Å². The smallest absolute Gasteiger partial charge is 0.131 e. The van der Waals surface area contributed by atoms with Crippen molar-refractivity contribution >= 4 is 17.4 Å². The quantitative estimate of drug-likeness (QED) is 0.708. The molecule has 156 valence electrons. The van der Waals surface area contributed by atoms with Gasteiger partial charge in [0.1, 0.15) is 5.82 Å². The molecule has 2 aromatic rings. The van der Waals surface area contributed by atoms with Crippen LogP contribution in [-0.4, -0.2) is 54.3 Å². The molecule has 0 unspecified atom stereocenters. The summed E-state index contributed by atoms with van der Waals surface area (Å²) in [6, 6.07) is 13.6. The van der Waals surface area contributed by atoms with Crippen molar-refractivity contribution in [2.24, 2.45) is 0 Å². The van der Waals surface area contributed by atoms with Gasteiger partial charge in [-0.15, -0.1) is 0 Å². The number of hydrogen-bond acceptors (Lipinski definition) is 4. The molecule has 1 aromatic carbocycles. The molecule has 0 radical (unpaired) electrons. The molecule has 0 amide bonds. The standard InChI is InChI=1S/C24H32ClN3O/c1-18-4-3-13-26-24(18)27-14-11-22(12-15-27)28-16-19(2)29-17-23(28)10-7-20-5-8-21(25)9-6-20/h3-6,8-9,13,19,22-23H,7,10-12,14-17H2,1-2H3/t19-,23-/m0/s1. The number of anilines is 1. The van der Waals surface area contributed by atoms with E-state index in [2.05, 4.69) is 46.8 Å². The Balaban J connectivity index is 1.37. The molecule has 2 saturated heterocycles. The Labute approximate surface area is 179 Å². The van der Waals surface area contributed by atoms with Crippen molar-refractivity contribution in [3.8, 4) is 0 Å². The fraction of sp³-hybridized carbons (Fsp3) is 0.542. The lowest BCUT2D eigenvalue weighted by Crippen LogP contribution is -2.56. The molecule has 2 atom stereocenters. The molecule has 1 aromatic heterocycles. The molecule has 0 aliphatic carbocycles. The van der Waals surface area contributed by atoms with E-state index in [1.807, 2.05) is 24.4 Å². The normalized spacial score (nSPS) is 24.0. The second-order valence-corrected chi connectivity index (χ2v) is 8.96. The Bertz CT molecular complexity index is 789. The lowest BCUT2D eigenvalue weighted by atomic mass is 9.96. The van der Waals surface area contributed by atoms with Crippen molar-refractivity contribution in [3.05, 3.63) is 58.7 Å². The van der Waals surface area contributed by atoms with Crippen LogP contribution in [-0.2, 0) is 11.2 Å². The van der Waals surface area contributed by atoms with E-state index in [1.165, 1.54) is 24.0 Å². The molecular weight excluding hydrogens is 382 g/mol. The molecule has 4 nitrogen and oxygen atoms in total. The van der Waals surface area contributed by atoms with Crippen LogP contribution in [0.2, 0.25) is 5.02 Å². The van der Waals surface area contributed by atoms with Crippen LogP contribution in [0.3, 0.4) is 0 Å². The average Bonchev–Trinajstić information content (AvgIpc) is 2.74. The van der Waals surface area contributed by atoms with Crippen molar-refractivity contribution in [2.45, 2.75) is 57.7 Å². The maximum atomic E-state index is 6.04. The van der Waals surface area contributed by atoms with Crippen LogP contribution in [0.25, 0.3) is 0 Å². The highest BCUT2D eigenvalue weighted by Crippen LogP contribution is 2.28. The number of piperidine rings is 1. The van der Waals surface area contributed by atoms with E-state index in [1.54, 1.807) is 0 Å². The van der Waals surface area contributed by atoms with Gasteiger partial charge in [0, 0.05) is 42.9 Å². The number of aryl methyl sites for hydroxylation is 2. The maximum Gasteiger partial charge on any atom is 0.131 e. The van der Waals surface area contributed by atoms with Crippen LogP contribution >= 0.6 is 11.6 Å². The zero-order valence-corrected chi connectivity index (χ0v) is 18.3. The summed E-state index contributed by atoms with van der Waals surface area (Å²) in [6.45, 7) is 8.41. The molecule has 2 aliphatic rings. The molecule has 0 bridgehead atoms. The second kappa shape index (κ2) is 9.46. The minimum absolute atomic E-state index is 0.317. The average molecular weight is 414 g/mol. The lowest BCUT2D eigenvalue weighted by Gasteiger charge is -2.46. The van der Waals surface area contributed by atoms with E-state index >= 15 is 0 Å². The first-order valence-corrected chi connectivity index (χ1v) is 11.3. The highest BCUT2D eigenvalue weighted by Gasteiger charge is 2.34. The summed E-state index contributed by atoms with van der Waals surface area (Å²) < 4.78 is 6.04. The zero-order valence-electron chi connectivity index (χ0n) is 17.6. The highest BCUT2D eigenvalue weighted by atomic mass is 35.5. The van der Waals surface area contributed by atoms with Crippen molar-refractivity contribution < 1.29 is 4.74 Å². The summed E-state index contributed by atoms with van der Waals surface area (Å²) in [5.74, 6) is 1.15. The summed E-state index contributed by atoms with van der Waals surface area (Å²) >= 11 is 6.03. The number of halogens is 1. The van der Waals surface area contributed by atoms with E-state index in [-0.39, 0.29) is 0 Å². The Morgan fingerprint density at radius 3 is 2.62 bits per heavy atom. The summed E-state index contributed by atoms with van der Waals surface area (Å²) in [5.41, 5.74) is 2.63. The molecule has 2 aliphatic heterocycles. The Morgan fingerprint density at radius 1 is 1.14 bits per heavy atom. The number of nitrogens with zero attached hydrogens (tertiary/aromatic N) is 3. The van der Waals surface area contributed by atoms with Crippen LogP contribution in [0.15, 0.2) is 42.6 Å². The Morgan fingerprint density at radius 2 is 1.90 bits per heavy atom. The van der Waals surface area contributed by atoms with Gasteiger partial charge < -0.3 is 9.64 Å². The number of pyridine rings is 1. The van der Waals surface area contributed by atoms with E-state index in [0.717, 1.165) is 49.9 Å². The topological polar surface area (TPSA) is 28.6 Å². The van der Waals surface area contributed by atoms with Crippen LogP contribution in [0, 0.1) is 6.92 Å². The SMILES string of the molecule is Cc1cccnc1N1CCC(N2C[C@H](C)OC[C@@H]2CCc2ccc(Cl)cc2)CC1. The number of ether oxygens (including phenoxy) is 1. The third kappa shape index (κ3) is 5.11. The van der Waals surface area contributed by atoms with Gasteiger partial charge in [0.2, 0.25) is 0 Å². The van der Waals surface area contributed by atoms with E-state index < -0.39 is 0 Å². The van der Waals surface area contributed by atoms with E-state index in [0.29, 0.717) is 18.2 Å². The monoisotopic (exact) mass is 413 g/mol. The first-order valence-electron chi connectivity index (χ1n) is 10.9. The number of benzene rings is 1. The van der Waals surface area contributed by atoms with Crippen LogP contribution in [0.1, 0.15) is 37.3 Å². The predicted octanol–water partition coefficient (Wildman–Crippen LogP) is 4.73. The van der Waals surface area contributed by atoms with Gasteiger partial charge in [0.05, 0.1) is 12.7 Å². The zero-order chi connectivity index (χ0) is 20.2. The molecule has 0 N–H and O–H groups in total. The molecule has 2 fully saturated rings. The minimum Gasteiger partial charge on any atom is -0.376 e. The van der Waals surface area contributed by atoms with Crippen LogP contribution < -0.4 is 4.90 Å². The van der Waals surface area contributed by atoms with Gasteiger partial charge in [-0.25, -0.2) is 4.98 Å². The summed E-state index contributed by atoms with van der Waals surface area (Å²) in [7, 11) is 0. The second-order valence-electron chi connectivity index (χ2n) is 8.52. The molecule has 3 heterocycles. The fourth-order valence-electron chi connectivity index (χ4n) is 4.77. The minimum atomic E-state index is 0.317. The molecule has 4 rings (SSSR count). The molecular formula is C24H32ClN3O. The van der Waals surface area contributed by atoms with Crippen molar-refractivity contribution in [2.75, 3.05) is 31.1 Å². The van der Waals surface area contributed by atoms with Gasteiger partial charge in [0.25, 0.3) is 0 Å². The highest BCUT2D eigenvalue weighted by molar-refractivity contribution is 6.30. The van der Waals surface area contributed by atoms with Crippen LogP contribution in [0.5, 0.6) is 0 Å². The summed E-state index contributed by atoms with van der Waals surface area (Å²) in [5, 5.41) is 0.806. The van der Waals surface area contributed by atoms with Gasteiger partial charge in [-0.05, 0) is 68.9 Å². The lowest BCUT2D eigenvalue weighted by molar-refractivity contribution is -0.0767.